The monoisotopic (exact) mass is 335 g/mol. The molecule has 0 aliphatic carbocycles. The van der Waals surface area contributed by atoms with Gasteiger partial charge < -0.3 is 20.4 Å². The van der Waals surface area contributed by atoms with Crippen molar-refractivity contribution in [2.75, 3.05) is 52.2 Å². The molecular weight excluding hydrogens is 305 g/mol. The first-order chi connectivity index (χ1) is 11.6. The van der Waals surface area contributed by atoms with Crippen molar-refractivity contribution in [1.82, 2.24) is 15.5 Å². The summed E-state index contributed by atoms with van der Waals surface area (Å²) >= 11 is 0. The average Bonchev–Trinajstić information content (AvgIpc) is 2.58. The number of guanidine groups is 1. The standard InChI is InChI=1S/C18H30FN5/c1-20-18(21-9-12-24-10-5-4-6-11-24)22-14-15-7-8-17(23(2)3)16(19)13-15/h7-8,13H,4-6,9-12,14H2,1-3H3,(H2,20,21,22). The molecule has 2 rings (SSSR count). The van der Waals surface area contributed by atoms with Gasteiger partial charge in [-0.2, -0.15) is 0 Å². The maximum Gasteiger partial charge on any atom is 0.191 e. The third-order valence-corrected chi connectivity index (χ3v) is 4.35. The zero-order chi connectivity index (χ0) is 17.4. The van der Waals surface area contributed by atoms with Crippen molar-refractivity contribution in [2.24, 2.45) is 4.99 Å². The average molecular weight is 335 g/mol. The molecular formula is C18H30FN5. The molecule has 0 aromatic heterocycles. The molecule has 0 unspecified atom stereocenters. The maximum absolute atomic E-state index is 14.0. The van der Waals surface area contributed by atoms with Gasteiger partial charge in [-0.05, 0) is 43.6 Å². The van der Waals surface area contributed by atoms with Crippen LogP contribution in [-0.4, -0.2) is 58.2 Å². The summed E-state index contributed by atoms with van der Waals surface area (Å²) in [5.41, 5.74) is 1.50. The van der Waals surface area contributed by atoms with Crippen LogP contribution in [0.25, 0.3) is 0 Å². The van der Waals surface area contributed by atoms with Crippen LogP contribution in [0.15, 0.2) is 23.2 Å². The van der Waals surface area contributed by atoms with Crippen molar-refractivity contribution >= 4 is 11.6 Å². The SMILES string of the molecule is CN=C(NCCN1CCCCC1)NCc1ccc(N(C)C)c(F)c1. The number of nitrogens with one attached hydrogen (secondary N) is 2. The molecule has 2 N–H and O–H groups in total. The van der Waals surface area contributed by atoms with E-state index in [1.54, 1.807) is 24.1 Å². The summed E-state index contributed by atoms with van der Waals surface area (Å²) in [5.74, 6) is 0.552. The minimum absolute atomic E-state index is 0.202. The van der Waals surface area contributed by atoms with Crippen molar-refractivity contribution in [3.05, 3.63) is 29.6 Å². The first kappa shape index (κ1) is 18.5. The van der Waals surface area contributed by atoms with Gasteiger partial charge in [0.25, 0.3) is 0 Å². The molecule has 1 aromatic carbocycles. The van der Waals surface area contributed by atoms with E-state index in [4.69, 9.17) is 0 Å². The zero-order valence-corrected chi connectivity index (χ0v) is 15.1. The smallest absolute Gasteiger partial charge is 0.191 e. The molecule has 0 saturated carbocycles. The van der Waals surface area contributed by atoms with E-state index in [9.17, 15) is 4.39 Å². The molecule has 0 atom stereocenters. The third-order valence-electron chi connectivity index (χ3n) is 4.35. The normalized spacial score (nSPS) is 16.1. The molecule has 0 amide bonds. The van der Waals surface area contributed by atoms with Gasteiger partial charge in [0, 0.05) is 40.8 Å². The van der Waals surface area contributed by atoms with E-state index in [1.165, 1.54) is 32.4 Å². The summed E-state index contributed by atoms with van der Waals surface area (Å²) in [6.07, 6.45) is 3.97. The molecule has 134 valence electrons. The predicted molar refractivity (Wildman–Crippen MR) is 99.2 cm³/mol. The molecule has 0 bridgehead atoms. The fourth-order valence-corrected chi connectivity index (χ4v) is 2.94. The van der Waals surface area contributed by atoms with E-state index >= 15 is 0 Å². The summed E-state index contributed by atoms with van der Waals surface area (Å²) < 4.78 is 14.0. The minimum Gasteiger partial charge on any atom is -0.375 e. The van der Waals surface area contributed by atoms with Crippen LogP contribution in [0.4, 0.5) is 10.1 Å². The lowest BCUT2D eigenvalue weighted by Crippen LogP contribution is -2.42. The first-order valence-electron chi connectivity index (χ1n) is 8.73. The van der Waals surface area contributed by atoms with E-state index < -0.39 is 0 Å². The van der Waals surface area contributed by atoms with E-state index in [-0.39, 0.29) is 5.82 Å². The highest BCUT2D eigenvalue weighted by molar-refractivity contribution is 5.79. The van der Waals surface area contributed by atoms with Crippen molar-refractivity contribution in [3.63, 3.8) is 0 Å². The van der Waals surface area contributed by atoms with Gasteiger partial charge in [-0.1, -0.05) is 12.5 Å². The second-order valence-electron chi connectivity index (χ2n) is 6.44. The van der Waals surface area contributed by atoms with E-state index in [0.29, 0.717) is 12.2 Å². The number of nitrogens with zero attached hydrogens (tertiary/aromatic N) is 3. The van der Waals surface area contributed by atoms with Crippen LogP contribution in [0.1, 0.15) is 24.8 Å². The lowest BCUT2D eigenvalue weighted by atomic mass is 10.1. The summed E-state index contributed by atoms with van der Waals surface area (Å²) in [6.45, 7) is 4.85. The Labute approximate surface area is 144 Å². The molecule has 1 aliphatic rings. The first-order valence-corrected chi connectivity index (χ1v) is 8.73. The van der Waals surface area contributed by atoms with Gasteiger partial charge in [0.1, 0.15) is 5.82 Å². The number of anilines is 1. The number of hydrogen-bond donors (Lipinski definition) is 2. The van der Waals surface area contributed by atoms with Crippen LogP contribution in [0.5, 0.6) is 0 Å². The Kier molecular flexibility index (Phi) is 7.31. The number of hydrogen-bond acceptors (Lipinski definition) is 3. The number of piperidine rings is 1. The summed E-state index contributed by atoms with van der Waals surface area (Å²) in [6, 6.07) is 5.31. The lowest BCUT2D eigenvalue weighted by Gasteiger charge is -2.26. The van der Waals surface area contributed by atoms with Gasteiger partial charge >= 0.3 is 0 Å². The van der Waals surface area contributed by atoms with Crippen molar-refractivity contribution in [3.8, 4) is 0 Å². The van der Waals surface area contributed by atoms with Crippen molar-refractivity contribution in [1.29, 1.82) is 0 Å². The summed E-state index contributed by atoms with van der Waals surface area (Å²) in [7, 11) is 5.43. The highest BCUT2D eigenvalue weighted by Crippen LogP contribution is 2.18. The van der Waals surface area contributed by atoms with Gasteiger partial charge in [0.2, 0.25) is 0 Å². The van der Waals surface area contributed by atoms with Gasteiger partial charge in [-0.15, -0.1) is 0 Å². The van der Waals surface area contributed by atoms with Crippen LogP contribution in [0.3, 0.4) is 0 Å². The minimum atomic E-state index is -0.202. The fourth-order valence-electron chi connectivity index (χ4n) is 2.94. The number of halogens is 1. The van der Waals surface area contributed by atoms with Crippen molar-refractivity contribution in [2.45, 2.75) is 25.8 Å². The maximum atomic E-state index is 14.0. The van der Waals surface area contributed by atoms with Gasteiger partial charge in [-0.25, -0.2) is 4.39 Å². The largest absolute Gasteiger partial charge is 0.375 e. The molecule has 6 heteroatoms. The van der Waals surface area contributed by atoms with Gasteiger partial charge in [-0.3, -0.25) is 4.99 Å². The molecule has 1 aromatic rings. The molecule has 1 saturated heterocycles. The summed E-state index contributed by atoms with van der Waals surface area (Å²) in [5, 5.41) is 6.57. The molecule has 1 heterocycles. The van der Waals surface area contributed by atoms with Crippen molar-refractivity contribution < 1.29 is 4.39 Å². The van der Waals surface area contributed by atoms with Crippen LogP contribution in [-0.2, 0) is 6.54 Å². The molecule has 5 nitrogen and oxygen atoms in total. The predicted octanol–water partition coefficient (Wildman–Crippen LogP) is 2.04. The van der Waals surface area contributed by atoms with Gasteiger partial charge in [0.15, 0.2) is 5.96 Å². The lowest BCUT2D eigenvalue weighted by molar-refractivity contribution is 0.232. The Morgan fingerprint density at radius 2 is 1.96 bits per heavy atom. The topological polar surface area (TPSA) is 42.9 Å². The zero-order valence-electron chi connectivity index (χ0n) is 15.1. The molecule has 0 spiro atoms. The van der Waals surface area contributed by atoms with Gasteiger partial charge in [0.05, 0.1) is 5.69 Å². The third kappa shape index (κ3) is 5.67. The number of benzene rings is 1. The highest BCUT2D eigenvalue weighted by atomic mass is 19.1. The molecule has 24 heavy (non-hydrogen) atoms. The van der Waals surface area contributed by atoms with E-state index in [0.717, 1.165) is 24.6 Å². The van der Waals surface area contributed by atoms with Crippen LogP contribution >= 0.6 is 0 Å². The Morgan fingerprint density at radius 3 is 2.58 bits per heavy atom. The van der Waals surface area contributed by atoms with Crippen LogP contribution in [0, 0.1) is 5.82 Å². The molecule has 1 fully saturated rings. The Balaban J connectivity index is 1.75. The number of likely N-dealkylation sites (tertiary alicyclic amines) is 1. The van der Waals surface area contributed by atoms with E-state index in [2.05, 4.69) is 20.5 Å². The van der Waals surface area contributed by atoms with Crippen LogP contribution < -0.4 is 15.5 Å². The Bertz CT molecular complexity index is 538. The Hall–Kier alpha value is -1.82. The molecule has 0 radical (unpaired) electrons. The Morgan fingerprint density at radius 1 is 1.21 bits per heavy atom. The fraction of sp³-hybridized carbons (Fsp3) is 0.611. The number of aliphatic imine (C=N–C) groups is 1. The second kappa shape index (κ2) is 9.47. The van der Waals surface area contributed by atoms with Crippen LogP contribution in [0.2, 0.25) is 0 Å². The highest BCUT2D eigenvalue weighted by Gasteiger charge is 2.09. The second-order valence-corrected chi connectivity index (χ2v) is 6.44. The molecule has 1 aliphatic heterocycles. The quantitative estimate of drug-likeness (QED) is 0.617. The summed E-state index contributed by atoms with van der Waals surface area (Å²) in [4.78, 5) is 8.48. The van der Waals surface area contributed by atoms with E-state index in [1.807, 2.05) is 20.2 Å². The number of rotatable bonds is 6.